The van der Waals surface area contributed by atoms with E-state index in [0.717, 1.165) is 0 Å². The van der Waals surface area contributed by atoms with Crippen LogP contribution in [0.5, 0.6) is 0 Å². The molecule has 0 saturated carbocycles. The van der Waals surface area contributed by atoms with E-state index in [9.17, 15) is 9.59 Å². The summed E-state index contributed by atoms with van der Waals surface area (Å²) in [5.74, 6) is -0.200. The van der Waals surface area contributed by atoms with Gasteiger partial charge in [-0.05, 0) is 6.42 Å². The third-order valence-corrected chi connectivity index (χ3v) is 1.91. The van der Waals surface area contributed by atoms with E-state index in [1.807, 2.05) is 6.92 Å². The van der Waals surface area contributed by atoms with Crippen LogP contribution in [0.4, 0.5) is 0 Å². The summed E-state index contributed by atoms with van der Waals surface area (Å²) >= 11 is 0. The van der Waals surface area contributed by atoms with Crippen molar-refractivity contribution >= 4 is 11.8 Å². The Labute approximate surface area is 84.6 Å². The number of nitrogens with two attached hydrogens (primary N) is 1. The van der Waals surface area contributed by atoms with Crippen molar-refractivity contribution in [2.45, 2.75) is 25.8 Å². The summed E-state index contributed by atoms with van der Waals surface area (Å²) in [7, 11) is 3.36. The van der Waals surface area contributed by atoms with Crippen LogP contribution in [0.3, 0.4) is 0 Å². The van der Waals surface area contributed by atoms with Gasteiger partial charge in [-0.2, -0.15) is 0 Å². The Morgan fingerprint density at radius 3 is 2.43 bits per heavy atom. The number of nitrogens with zero attached hydrogens (tertiary/aromatic N) is 1. The number of hydrogen-bond acceptors (Lipinski definition) is 3. The van der Waals surface area contributed by atoms with Gasteiger partial charge in [0, 0.05) is 27.1 Å². The third kappa shape index (κ3) is 4.81. The predicted molar refractivity (Wildman–Crippen MR) is 54.6 cm³/mol. The number of rotatable bonds is 5. The Kier molecular flexibility index (Phi) is 5.87. The monoisotopic (exact) mass is 201 g/mol. The van der Waals surface area contributed by atoms with Gasteiger partial charge < -0.3 is 16.0 Å². The topological polar surface area (TPSA) is 75.4 Å². The lowest BCUT2D eigenvalue weighted by Gasteiger charge is -2.12. The molecule has 0 radical (unpaired) electrons. The lowest BCUT2D eigenvalue weighted by Crippen LogP contribution is -2.41. The second-order valence-electron chi connectivity index (χ2n) is 3.34. The average molecular weight is 201 g/mol. The first-order chi connectivity index (χ1) is 6.49. The van der Waals surface area contributed by atoms with Gasteiger partial charge in [0.1, 0.15) is 0 Å². The normalized spacial score (nSPS) is 12.0. The largest absolute Gasteiger partial charge is 0.354 e. The Bertz CT molecular complexity index is 204. The Balaban J connectivity index is 3.64. The maximum absolute atomic E-state index is 11.2. The molecule has 0 aliphatic carbocycles. The van der Waals surface area contributed by atoms with Crippen molar-refractivity contribution in [2.24, 2.45) is 5.73 Å². The van der Waals surface area contributed by atoms with Crippen LogP contribution >= 0.6 is 0 Å². The molecule has 0 bridgehead atoms. The van der Waals surface area contributed by atoms with E-state index in [1.165, 1.54) is 4.90 Å². The molecular weight excluding hydrogens is 182 g/mol. The van der Waals surface area contributed by atoms with E-state index < -0.39 is 6.04 Å². The molecule has 0 aliphatic heterocycles. The van der Waals surface area contributed by atoms with Crippen LogP contribution in [0.25, 0.3) is 0 Å². The quantitative estimate of drug-likeness (QED) is 0.618. The van der Waals surface area contributed by atoms with Gasteiger partial charge in [-0.3, -0.25) is 9.59 Å². The highest BCUT2D eigenvalue weighted by molar-refractivity contribution is 5.82. The third-order valence-electron chi connectivity index (χ3n) is 1.91. The first-order valence-electron chi connectivity index (χ1n) is 4.72. The maximum Gasteiger partial charge on any atom is 0.236 e. The molecule has 0 aromatic carbocycles. The van der Waals surface area contributed by atoms with E-state index in [2.05, 4.69) is 5.32 Å². The summed E-state index contributed by atoms with van der Waals surface area (Å²) in [4.78, 5) is 23.8. The highest BCUT2D eigenvalue weighted by Gasteiger charge is 2.10. The molecule has 0 fully saturated rings. The SMILES string of the molecule is CC[C@@H](N)C(=O)NCCC(=O)N(C)C. The van der Waals surface area contributed by atoms with Crippen molar-refractivity contribution in [3.05, 3.63) is 0 Å². The van der Waals surface area contributed by atoms with Crippen molar-refractivity contribution in [1.29, 1.82) is 0 Å². The second-order valence-corrected chi connectivity index (χ2v) is 3.34. The molecule has 2 amide bonds. The summed E-state index contributed by atoms with van der Waals surface area (Å²) < 4.78 is 0. The second kappa shape index (κ2) is 6.37. The van der Waals surface area contributed by atoms with Crippen LogP contribution < -0.4 is 11.1 Å². The van der Waals surface area contributed by atoms with Gasteiger partial charge in [-0.25, -0.2) is 0 Å². The van der Waals surface area contributed by atoms with E-state index in [4.69, 9.17) is 5.73 Å². The lowest BCUT2D eigenvalue weighted by molar-refractivity contribution is -0.128. The first kappa shape index (κ1) is 12.9. The molecular formula is C9H19N3O2. The van der Waals surface area contributed by atoms with Crippen LogP contribution in [0, 0.1) is 0 Å². The zero-order valence-corrected chi connectivity index (χ0v) is 9.04. The molecule has 0 heterocycles. The van der Waals surface area contributed by atoms with Gasteiger partial charge in [0.2, 0.25) is 11.8 Å². The Morgan fingerprint density at radius 1 is 1.43 bits per heavy atom. The molecule has 0 spiro atoms. The van der Waals surface area contributed by atoms with Crippen LogP contribution in [0.2, 0.25) is 0 Å². The zero-order valence-electron chi connectivity index (χ0n) is 9.04. The van der Waals surface area contributed by atoms with E-state index >= 15 is 0 Å². The van der Waals surface area contributed by atoms with Crippen LogP contribution in [0.1, 0.15) is 19.8 Å². The molecule has 5 heteroatoms. The van der Waals surface area contributed by atoms with Crippen molar-refractivity contribution in [2.75, 3.05) is 20.6 Å². The molecule has 0 aromatic heterocycles. The van der Waals surface area contributed by atoms with Gasteiger partial charge >= 0.3 is 0 Å². The molecule has 5 nitrogen and oxygen atoms in total. The minimum atomic E-state index is -0.468. The molecule has 0 unspecified atom stereocenters. The fraction of sp³-hybridized carbons (Fsp3) is 0.778. The van der Waals surface area contributed by atoms with Crippen LogP contribution in [-0.2, 0) is 9.59 Å². The summed E-state index contributed by atoms with van der Waals surface area (Å²) in [6.07, 6.45) is 0.919. The Morgan fingerprint density at radius 2 is 2.00 bits per heavy atom. The molecule has 0 rings (SSSR count). The summed E-state index contributed by atoms with van der Waals surface area (Å²) in [5.41, 5.74) is 5.49. The van der Waals surface area contributed by atoms with Crippen LogP contribution in [0.15, 0.2) is 0 Å². The molecule has 1 atom stereocenters. The lowest BCUT2D eigenvalue weighted by atomic mass is 10.2. The minimum absolute atomic E-state index is 0.00429. The number of carbonyl (C=O) groups is 2. The summed E-state index contributed by atoms with van der Waals surface area (Å²) in [6.45, 7) is 2.19. The molecule has 14 heavy (non-hydrogen) atoms. The molecule has 0 saturated heterocycles. The number of amides is 2. The molecule has 3 N–H and O–H groups in total. The number of nitrogens with one attached hydrogen (secondary N) is 1. The Hall–Kier alpha value is -1.10. The fourth-order valence-electron chi connectivity index (χ4n) is 0.833. The number of hydrogen-bond donors (Lipinski definition) is 2. The fourth-order valence-corrected chi connectivity index (χ4v) is 0.833. The maximum atomic E-state index is 11.2. The first-order valence-corrected chi connectivity index (χ1v) is 4.72. The smallest absolute Gasteiger partial charge is 0.236 e. The average Bonchev–Trinajstić information content (AvgIpc) is 2.15. The number of carbonyl (C=O) groups excluding carboxylic acids is 2. The van der Waals surface area contributed by atoms with Gasteiger partial charge in [0.25, 0.3) is 0 Å². The van der Waals surface area contributed by atoms with E-state index in [1.54, 1.807) is 14.1 Å². The summed E-state index contributed by atoms with van der Waals surface area (Å²) in [5, 5.41) is 2.61. The van der Waals surface area contributed by atoms with Gasteiger partial charge in [-0.15, -0.1) is 0 Å². The molecule has 82 valence electrons. The van der Waals surface area contributed by atoms with Crippen LogP contribution in [-0.4, -0.2) is 43.4 Å². The van der Waals surface area contributed by atoms with Crippen molar-refractivity contribution in [1.82, 2.24) is 10.2 Å². The van der Waals surface area contributed by atoms with Crippen molar-refractivity contribution in [3.8, 4) is 0 Å². The van der Waals surface area contributed by atoms with Gasteiger partial charge in [0.05, 0.1) is 6.04 Å². The summed E-state index contributed by atoms with van der Waals surface area (Å²) in [6, 6.07) is -0.468. The predicted octanol–water partition coefficient (Wildman–Crippen LogP) is -0.682. The van der Waals surface area contributed by atoms with Gasteiger partial charge in [0.15, 0.2) is 0 Å². The highest BCUT2D eigenvalue weighted by atomic mass is 16.2. The highest BCUT2D eigenvalue weighted by Crippen LogP contribution is 1.88. The van der Waals surface area contributed by atoms with E-state index in [-0.39, 0.29) is 11.8 Å². The van der Waals surface area contributed by atoms with Crippen molar-refractivity contribution in [3.63, 3.8) is 0 Å². The van der Waals surface area contributed by atoms with Crippen molar-refractivity contribution < 1.29 is 9.59 Å². The molecule has 0 aromatic rings. The molecule has 0 aliphatic rings. The van der Waals surface area contributed by atoms with Gasteiger partial charge in [-0.1, -0.05) is 6.92 Å². The van der Waals surface area contributed by atoms with E-state index in [0.29, 0.717) is 19.4 Å². The zero-order chi connectivity index (χ0) is 11.1. The minimum Gasteiger partial charge on any atom is -0.354 e. The standard InChI is InChI=1S/C9H19N3O2/c1-4-7(10)9(14)11-6-5-8(13)12(2)3/h7H,4-6,10H2,1-3H3,(H,11,14)/t7-/m1/s1.